The summed E-state index contributed by atoms with van der Waals surface area (Å²) in [5.74, 6) is 0. The van der Waals surface area contributed by atoms with Crippen LogP contribution < -0.4 is 0 Å². The van der Waals surface area contributed by atoms with Gasteiger partial charge in [-0.1, -0.05) is 110 Å². The van der Waals surface area contributed by atoms with E-state index in [4.69, 9.17) is 10.2 Å². The van der Waals surface area contributed by atoms with Crippen molar-refractivity contribution < 1.29 is 15.3 Å². The van der Waals surface area contributed by atoms with Crippen molar-refractivity contribution in [2.24, 2.45) is 0 Å². The fourth-order valence-corrected chi connectivity index (χ4v) is 2.89. The molecule has 3 nitrogen and oxygen atoms in total. The molecule has 0 radical (unpaired) electrons. The molecule has 3 heteroatoms. The first-order valence-electron chi connectivity index (χ1n) is 11.0. The summed E-state index contributed by atoms with van der Waals surface area (Å²) in [6, 6.07) is 29.3. The number of aliphatic hydroxyl groups is 3. The van der Waals surface area contributed by atoms with E-state index in [1.807, 2.05) is 91.0 Å². The molecule has 3 aromatic carbocycles. The Bertz CT molecular complexity index is 932. The molecular weight excluding hydrogens is 408 g/mol. The van der Waals surface area contributed by atoms with Crippen molar-refractivity contribution in [3.8, 4) is 0 Å². The maximum absolute atomic E-state index is 9.21. The molecule has 174 valence electrons. The quantitative estimate of drug-likeness (QED) is 0.350. The molecule has 0 aliphatic carbocycles. The van der Waals surface area contributed by atoms with Gasteiger partial charge in [-0.3, -0.25) is 0 Å². The van der Waals surface area contributed by atoms with Gasteiger partial charge in [-0.2, -0.15) is 0 Å². The second-order valence-electron chi connectivity index (χ2n) is 7.56. The monoisotopic (exact) mass is 444 g/mol. The summed E-state index contributed by atoms with van der Waals surface area (Å²) in [5.41, 5.74) is 5.09. The van der Waals surface area contributed by atoms with E-state index in [-0.39, 0.29) is 12.7 Å². The van der Waals surface area contributed by atoms with Crippen LogP contribution in [-0.2, 0) is 0 Å². The average Bonchev–Trinajstić information content (AvgIpc) is 2.86. The summed E-state index contributed by atoms with van der Waals surface area (Å²) in [6.07, 6.45) is 1.97. The Kier molecular flexibility index (Phi) is 13.8. The lowest BCUT2D eigenvalue weighted by Crippen LogP contribution is -1.99. The van der Waals surface area contributed by atoms with Crippen molar-refractivity contribution >= 4 is 11.1 Å². The van der Waals surface area contributed by atoms with Gasteiger partial charge in [-0.15, -0.1) is 6.58 Å². The molecule has 0 amide bonds. The predicted octanol–water partition coefficient (Wildman–Crippen LogP) is 6.46. The van der Waals surface area contributed by atoms with Gasteiger partial charge in [-0.05, 0) is 47.6 Å². The number of hydrogen-bond acceptors (Lipinski definition) is 3. The Hall–Kier alpha value is -3.24. The van der Waals surface area contributed by atoms with E-state index in [0.717, 1.165) is 27.8 Å². The van der Waals surface area contributed by atoms with Crippen molar-refractivity contribution in [1.82, 2.24) is 0 Å². The maximum atomic E-state index is 9.21. The fourth-order valence-electron chi connectivity index (χ4n) is 2.89. The molecule has 0 aliphatic rings. The molecule has 3 aromatic rings. The minimum atomic E-state index is -0.527. The normalized spacial score (nSPS) is 11.5. The zero-order chi connectivity index (χ0) is 24.5. The van der Waals surface area contributed by atoms with Crippen LogP contribution in [0.2, 0.25) is 0 Å². The minimum absolute atomic E-state index is 0.174. The zero-order valence-electron chi connectivity index (χ0n) is 19.5. The zero-order valence-corrected chi connectivity index (χ0v) is 19.5. The van der Waals surface area contributed by atoms with Crippen LogP contribution in [0.15, 0.2) is 117 Å². The van der Waals surface area contributed by atoms with Crippen LogP contribution in [0.5, 0.6) is 0 Å². The maximum Gasteiger partial charge on any atom is 0.0969 e. The topological polar surface area (TPSA) is 60.7 Å². The molecule has 0 saturated carbocycles. The molecule has 0 heterocycles. The van der Waals surface area contributed by atoms with E-state index in [2.05, 4.69) is 19.7 Å². The van der Waals surface area contributed by atoms with Gasteiger partial charge in [0.15, 0.2) is 0 Å². The lowest BCUT2D eigenvalue weighted by atomic mass is 10.0. The summed E-state index contributed by atoms with van der Waals surface area (Å²) in [5, 5.41) is 27.0. The third-order valence-corrected chi connectivity index (χ3v) is 4.68. The van der Waals surface area contributed by atoms with Gasteiger partial charge in [0.1, 0.15) is 0 Å². The Morgan fingerprint density at radius 2 is 1.18 bits per heavy atom. The molecule has 0 bridgehead atoms. The van der Waals surface area contributed by atoms with E-state index in [1.54, 1.807) is 6.92 Å². The predicted molar refractivity (Wildman–Crippen MR) is 141 cm³/mol. The standard InChI is InChI=1S/C11H14O.C10H12O.C9H10O/c1-9(8-10(2)12)11-6-4-3-5-7-11;1-9(7-8-11)10-5-3-2-4-6-10;1-2-9(10)8-6-4-3-5-7-8/h3-7,10,12H,1,8H2,2H3;2-6,11H,1,7-8H2;2-7,9-10H,1H2. The molecule has 3 N–H and O–H groups in total. The highest BCUT2D eigenvalue weighted by Gasteiger charge is 2.01. The number of benzene rings is 3. The highest BCUT2D eigenvalue weighted by molar-refractivity contribution is 5.63. The molecule has 0 spiro atoms. The molecule has 0 aromatic heterocycles. The van der Waals surface area contributed by atoms with Crippen LogP contribution in [0.1, 0.15) is 42.6 Å². The molecule has 2 unspecified atom stereocenters. The molecule has 0 fully saturated rings. The average molecular weight is 445 g/mol. The van der Waals surface area contributed by atoms with Gasteiger partial charge in [0.2, 0.25) is 0 Å². The summed E-state index contributed by atoms with van der Waals surface area (Å²) < 4.78 is 0. The molecular formula is C30H36O3. The van der Waals surface area contributed by atoms with Gasteiger partial charge in [-0.25, -0.2) is 0 Å². The van der Waals surface area contributed by atoms with E-state index >= 15 is 0 Å². The second-order valence-corrected chi connectivity index (χ2v) is 7.56. The fraction of sp³-hybridized carbons (Fsp3) is 0.200. The van der Waals surface area contributed by atoms with Gasteiger partial charge >= 0.3 is 0 Å². The smallest absolute Gasteiger partial charge is 0.0969 e. The van der Waals surface area contributed by atoms with E-state index in [9.17, 15) is 5.11 Å². The summed E-state index contributed by atoms with van der Waals surface area (Å²) >= 11 is 0. The SMILES string of the molecule is C=C(CC(C)O)c1ccccc1.C=C(CCO)c1ccccc1.C=CC(O)c1ccccc1. The Labute approximate surface area is 198 Å². The van der Waals surface area contributed by atoms with E-state index in [0.29, 0.717) is 12.8 Å². The Morgan fingerprint density at radius 3 is 1.58 bits per heavy atom. The van der Waals surface area contributed by atoms with Crippen molar-refractivity contribution in [2.75, 3.05) is 6.61 Å². The van der Waals surface area contributed by atoms with Crippen molar-refractivity contribution in [3.05, 3.63) is 133 Å². The van der Waals surface area contributed by atoms with Crippen molar-refractivity contribution in [2.45, 2.75) is 32.0 Å². The largest absolute Gasteiger partial charge is 0.396 e. The Morgan fingerprint density at radius 1 is 0.758 bits per heavy atom. The van der Waals surface area contributed by atoms with Crippen LogP contribution in [0, 0.1) is 0 Å². The molecule has 33 heavy (non-hydrogen) atoms. The van der Waals surface area contributed by atoms with E-state index < -0.39 is 6.10 Å². The first kappa shape index (κ1) is 27.8. The lowest BCUT2D eigenvalue weighted by Gasteiger charge is -2.07. The third kappa shape index (κ3) is 11.8. The molecule has 0 aliphatic heterocycles. The molecule has 2 atom stereocenters. The van der Waals surface area contributed by atoms with Crippen LogP contribution in [0.3, 0.4) is 0 Å². The first-order valence-corrected chi connectivity index (χ1v) is 11.0. The number of hydrogen-bond donors (Lipinski definition) is 3. The summed E-state index contributed by atoms with van der Waals surface area (Å²) in [4.78, 5) is 0. The highest BCUT2D eigenvalue weighted by Crippen LogP contribution is 2.17. The van der Waals surface area contributed by atoms with Crippen LogP contribution in [-0.4, -0.2) is 28.0 Å². The van der Waals surface area contributed by atoms with Crippen molar-refractivity contribution in [3.63, 3.8) is 0 Å². The number of rotatable bonds is 8. The summed E-state index contributed by atoms with van der Waals surface area (Å²) in [7, 11) is 0. The summed E-state index contributed by atoms with van der Waals surface area (Å²) in [6.45, 7) is 13.2. The van der Waals surface area contributed by atoms with E-state index in [1.165, 1.54) is 6.08 Å². The van der Waals surface area contributed by atoms with Crippen LogP contribution >= 0.6 is 0 Å². The van der Waals surface area contributed by atoms with Gasteiger partial charge < -0.3 is 15.3 Å². The second kappa shape index (κ2) is 16.4. The third-order valence-electron chi connectivity index (χ3n) is 4.68. The highest BCUT2D eigenvalue weighted by atomic mass is 16.3. The Balaban J connectivity index is 0.000000249. The number of aliphatic hydroxyl groups excluding tert-OH is 3. The minimum Gasteiger partial charge on any atom is -0.396 e. The van der Waals surface area contributed by atoms with Gasteiger partial charge in [0.25, 0.3) is 0 Å². The van der Waals surface area contributed by atoms with Crippen LogP contribution in [0.25, 0.3) is 11.1 Å². The molecule has 3 rings (SSSR count). The molecule has 0 saturated heterocycles. The lowest BCUT2D eigenvalue weighted by molar-refractivity contribution is 0.201. The van der Waals surface area contributed by atoms with Gasteiger partial charge in [0.05, 0.1) is 12.2 Å². The van der Waals surface area contributed by atoms with Crippen LogP contribution in [0.4, 0.5) is 0 Å². The van der Waals surface area contributed by atoms with Crippen molar-refractivity contribution in [1.29, 1.82) is 0 Å². The first-order chi connectivity index (χ1) is 15.9. The van der Waals surface area contributed by atoms with Gasteiger partial charge in [0, 0.05) is 6.61 Å².